The lowest BCUT2D eigenvalue weighted by atomic mass is 10.3. The van der Waals surface area contributed by atoms with Crippen molar-refractivity contribution < 1.29 is 14.3 Å². The van der Waals surface area contributed by atoms with Gasteiger partial charge in [0, 0.05) is 6.54 Å². The van der Waals surface area contributed by atoms with Crippen LogP contribution in [0.2, 0.25) is 0 Å². The number of anilines is 1. The first-order chi connectivity index (χ1) is 15.6. The monoisotopic (exact) mass is 469 g/mol. The van der Waals surface area contributed by atoms with Crippen molar-refractivity contribution in [2.24, 2.45) is 0 Å². The fraction of sp³-hybridized carbons (Fsp3) is 0.273. The normalized spacial score (nSPS) is 12.0. The van der Waals surface area contributed by atoms with Gasteiger partial charge in [-0.1, -0.05) is 41.3 Å². The fourth-order valence-corrected chi connectivity index (χ4v) is 4.85. The topological polar surface area (TPSA) is 91.2 Å². The van der Waals surface area contributed by atoms with Crippen LogP contribution in [-0.2, 0) is 11.3 Å². The van der Waals surface area contributed by atoms with Crippen molar-refractivity contribution in [3.8, 4) is 11.5 Å². The van der Waals surface area contributed by atoms with Gasteiger partial charge in [-0.25, -0.2) is 4.98 Å². The zero-order valence-corrected chi connectivity index (χ0v) is 19.6. The van der Waals surface area contributed by atoms with Crippen LogP contribution in [0.4, 0.5) is 5.13 Å². The van der Waals surface area contributed by atoms with Crippen molar-refractivity contribution in [3.63, 3.8) is 0 Å². The highest BCUT2D eigenvalue weighted by Crippen LogP contribution is 2.29. The Morgan fingerprint density at radius 2 is 2.00 bits per heavy atom. The molecule has 0 aliphatic carbocycles. The lowest BCUT2D eigenvalue weighted by Gasteiger charge is -2.15. The number of aromatic nitrogens is 4. The van der Waals surface area contributed by atoms with Gasteiger partial charge in [0.15, 0.2) is 22.2 Å². The maximum Gasteiger partial charge on any atom is 0.236 e. The molecule has 0 spiro atoms. The minimum Gasteiger partial charge on any atom is -0.497 e. The zero-order chi connectivity index (χ0) is 22.5. The Morgan fingerprint density at radius 1 is 1.19 bits per heavy atom. The molecule has 1 N–H and O–H groups in total. The van der Waals surface area contributed by atoms with Gasteiger partial charge < -0.3 is 19.4 Å². The molecule has 2 heterocycles. The first kappa shape index (κ1) is 22.1. The summed E-state index contributed by atoms with van der Waals surface area (Å²) in [7, 11) is 1.62. The standard InChI is InChI=1S/C22H23N5O3S2/c1-4-27-20(14(2)30-15-8-6-5-7-9-15)25-26-22(27)31-13-19(28)24-21-23-17-11-10-16(29-3)12-18(17)32-21/h5-12,14H,4,13H2,1-3H3,(H,23,24,28)/t14-/m1/s1. The number of hydrogen-bond donors (Lipinski definition) is 1. The minimum absolute atomic E-state index is 0.151. The molecular formula is C22H23N5O3S2. The molecule has 4 aromatic rings. The Labute approximate surface area is 194 Å². The molecule has 0 unspecified atom stereocenters. The lowest BCUT2D eigenvalue weighted by Crippen LogP contribution is -2.15. The second-order valence-electron chi connectivity index (χ2n) is 6.85. The van der Waals surface area contributed by atoms with Gasteiger partial charge in [-0.2, -0.15) is 0 Å². The smallest absolute Gasteiger partial charge is 0.236 e. The number of rotatable bonds is 9. The molecule has 10 heteroatoms. The molecule has 0 saturated heterocycles. The summed E-state index contributed by atoms with van der Waals surface area (Å²) in [5, 5.41) is 12.7. The highest BCUT2D eigenvalue weighted by molar-refractivity contribution is 7.99. The van der Waals surface area contributed by atoms with E-state index in [1.54, 1.807) is 7.11 Å². The zero-order valence-electron chi connectivity index (χ0n) is 17.9. The number of para-hydroxylation sites is 1. The summed E-state index contributed by atoms with van der Waals surface area (Å²) in [6.07, 6.45) is -0.271. The van der Waals surface area contributed by atoms with Crippen molar-refractivity contribution in [1.29, 1.82) is 0 Å². The number of amides is 1. The molecule has 0 saturated carbocycles. The third-order valence-electron chi connectivity index (χ3n) is 4.66. The third kappa shape index (κ3) is 5.03. The summed E-state index contributed by atoms with van der Waals surface area (Å²) in [4.78, 5) is 17.0. The molecule has 166 valence electrons. The highest BCUT2D eigenvalue weighted by atomic mass is 32.2. The molecule has 0 bridgehead atoms. The molecule has 4 rings (SSSR count). The van der Waals surface area contributed by atoms with Crippen LogP contribution < -0.4 is 14.8 Å². The Balaban J connectivity index is 1.38. The largest absolute Gasteiger partial charge is 0.497 e. The van der Waals surface area contributed by atoms with Crippen molar-refractivity contribution >= 4 is 44.4 Å². The first-order valence-electron chi connectivity index (χ1n) is 10.1. The van der Waals surface area contributed by atoms with Crippen molar-refractivity contribution in [1.82, 2.24) is 19.7 Å². The van der Waals surface area contributed by atoms with Crippen LogP contribution in [0.15, 0.2) is 53.7 Å². The van der Waals surface area contributed by atoms with Gasteiger partial charge in [0.25, 0.3) is 0 Å². The average molecular weight is 470 g/mol. The number of hydrogen-bond acceptors (Lipinski definition) is 8. The number of carbonyl (C=O) groups is 1. The number of fused-ring (bicyclic) bond motifs is 1. The predicted octanol–water partition coefficient (Wildman–Crippen LogP) is 4.79. The van der Waals surface area contributed by atoms with Crippen molar-refractivity contribution in [2.45, 2.75) is 31.7 Å². The lowest BCUT2D eigenvalue weighted by molar-refractivity contribution is -0.113. The quantitative estimate of drug-likeness (QED) is 0.353. The Kier molecular flexibility index (Phi) is 6.91. The minimum atomic E-state index is -0.271. The first-order valence-corrected chi connectivity index (χ1v) is 11.9. The Bertz CT molecular complexity index is 1210. The van der Waals surface area contributed by atoms with E-state index >= 15 is 0 Å². The van der Waals surface area contributed by atoms with Gasteiger partial charge in [-0.3, -0.25) is 4.79 Å². The fourth-order valence-electron chi connectivity index (χ4n) is 3.13. The van der Waals surface area contributed by atoms with E-state index in [9.17, 15) is 4.79 Å². The van der Waals surface area contributed by atoms with Crippen LogP contribution in [0.1, 0.15) is 25.8 Å². The van der Waals surface area contributed by atoms with Crippen LogP contribution in [-0.4, -0.2) is 38.5 Å². The molecule has 0 aliphatic heterocycles. The van der Waals surface area contributed by atoms with Crippen LogP contribution in [0.25, 0.3) is 10.2 Å². The number of thiazole rings is 1. The summed E-state index contributed by atoms with van der Waals surface area (Å²) in [6.45, 7) is 4.63. The number of benzene rings is 2. The number of methoxy groups -OCH3 is 1. The molecule has 1 amide bonds. The van der Waals surface area contributed by atoms with Crippen LogP contribution in [0.3, 0.4) is 0 Å². The number of ether oxygens (including phenoxy) is 2. The highest BCUT2D eigenvalue weighted by Gasteiger charge is 2.19. The molecule has 0 radical (unpaired) electrons. The third-order valence-corrected chi connectivity index (χ3v) is 6.56. The van der Waals surface area contributed by atoms with E-state index < -0.39 is 0 Å². The maximum absolute atomic E-state index is 12.5. The summed E-state index contributed by atoms with van der Waals surface area (Å²) < 4.78 is 14.1. The van der Waals surface area contributed by atoms with E-state index in [4.69, 9.17) is 9.47 Å². The SMILES string of the molecule is CCn1c(SCC(=O)Nc2nc3ccc(OC)cc3s2)nnc1[C@@H](C)Oc1ccccc1. The molecule has 2 aromatic heterocycles. The van der Waals surface area contributed by atoms with Gasteiger partial charge >= 0.3 is 0 Å². The summed E-state index contributed by atoms with van der Waals surface area (Å²) in [5.41, 5.74) is 0.821. The Morgan fingerprint density at radius 3 is 2.75 bits per heavy atom. The van der Waals surface area contributed by atoms with E-state index in [0.717, 1.165) is 27.5 Å². The summed E-state index contributed by atoms with van der Waals surface area (Å²) in [6, 6.07) is 15.2. The van der Waals surface area contributed by atoms with E-state index in [0.29, 0.717) is 16.8 Å². The van der Waals surface area contributed by atoms with Gasteiger partial charge in [0.2, 0.25) is 5.91 Å². The van der Waals surface area contributed by atoms with Crippen molar-refractivity contribution in [2.75, 3.05) is 18.2 Å². The van der Waals surface area contributed by atoms with Crippen LogP contribution in [0, 0.1) is 0 Å². The molecule has 0 aliphatic rings. The number of thioether (sulfide) groups is 1. The predicted molar refractivity (Wildman–Crippen MR) is 127 cm³/mol. The van der Waals surface area contributed by atoms with E-state index in [1.807, 2.05) is 66.9 Å². The molecule has 32 heavy (non-hydrogen) atoms. The molecular weight excluding hydrogens is 446 g/mol. The maximum atomic E-state index is 12.5. The molecule has 2 aromatic carbocycles. The Hall–Kier alpha value is -3.11. The summed E-state index contributed by atoms with van der Waals surface area (Å²) >= 11 is 2.75. The van der Waals surface area contributed by atoms with Gasteiger partial charge in [0.1, 0.15) is 11.5 Å². The second kappa shape index (κ2) is 10.0. The number of nitrogens with zero attached hydrogens (tertiary/aromatic N) is 4. The summed E-state index contributed by atoms with van der Waals surface area (Å²) in [5.74, 6) is 2.30. The second-order valence-corrected chi connectivity index (χ2v) is 8.82. The van der Waals surface area contributed by atoms with Crippen LogP contribution in [0.5, 0.6) is 11.5 Å². The van der Waals surface area contributed by atoms with Crippen molar-refractivity contribution in [3.05, 3.63) is 54.4 Å². The van der Waals surface area contributed by atoms with Gasteiger partial charge in [-0.05, 0) is 44.2 Å². The molecule has 1 atom stereocenters. The average Bonchev–Trinajstić information content (AvgIpc) is 3.40. The molecule has 8 nitrogen and oxygen atoms in total. The van der Waals surface area contributed by atoms with Gasteiger partial charge in [0.05, 0.1) is 23.1 Å². The number of nitrogens with one attached hydrogen (secondary N) is 1. The van der Waals surface area contributed by atoms with E-state index in [2.05, 4.69) is 20.5 Å². The van der Waals surface area contributed by atoms with E-state index in [-0.39, 0.29) is 17.8 Å². The molecule has 0 fully saturated rings. The van der Waals surface area contributed by atoms with Gasteiger partial charge in [-0.15, -0.1) is 10.2 Å². The van der Waals surface area contributed by atoms with E-state index in [1.165, 1.54) is 23.1 Å². The van der Waals surface area contributed by atoms with Crippen LogP contribution >= 0.6 is 23.1 Å². The number of carbonyl (C=O) groups excluding carboxylic acids is 1.